The zero-order valence-corrected chi connectivity index (χ0v) is 44.1. The minimum atomic E-state index is -0.0416. The molecule has 0 radical (unpaired) electrons. The van der Waals surface area contributed by atoms with Crippen LogP contribution in [0.2, 0.25) is 0 Å². The van der Waals surface area contributed by atoms with Crippen LogP contribution in [0.3, 0.4) is 0 Å². The zero-order valence-electron chi connectivity index (χ0n) is 41.8. The second-order valence-electron chi connectivity index (χ2n) is 20.8. The van der Waals surface area contributed by atoms with Gasteiger partial charge >= 0.3 is 0 Å². The average Bonchev–Trinajstić information content (AvgIpc) is 3.91. The van der Waals surface area contributed by atoms with Gasteiger partial charge in [-0.3, -0.25) is 0 Å². The normalized spacial score (nSPS) is 12.6. The van der Waals surface area contributed by atoms with Crippen LogP contribution >= 0.6 is 0 Å². The van der Waals surface area contributed by atoms with E-state index in [1.54, 1.807) is 0 Å². The first-order valence-electron chi connectivity index (χ1n) is 24.3. The van der Waals surface area contributed by atoms with Crippen LogP contribution in [0, 0.1) is 39.6 Å². The van der Waals surface area contributed by atoms with Gasteiger partial charge < -0.3 is 19.1 Å². The van der Waals surface area contributed by atoms with E-state index < -0.39 is 0 Å². The van der Waals surface area contributed by atoms with Gasteiger partial charge in [0, 0.05) is 72.5 Å². The molecule has 356 valence electrons. The largest absolute Gasteiger partial charge is 0.509 e. The van der Waals surface area contributed by atoms with Crippen LogP contribution in [0.1, 0.15) is 69.4 Å². The molecule has 5 nitrogen and oxygen atoms in total. The van der Waals surface area contributed by atoms with Gasteiger partial charge in [-0.2, -0.15) is 12.1 Å². The molecule has 1 aliphatic heterocycles. The number of para-hydroxylation sites is 2. The van der Waals surface area contributed by atoms with Crippen LogP contribution in [0.15, 0.2) is 176 Å². The van der Waals surface area contributed by atoms with Crippen LogP contribution in [-0.4, -0.2) is 9.55 Å². The van der Waals surface area contributed by atoms with E-state index in [1.165, 1.54) is 38.9 Å². The molecule has 0 amide bonds. The van der Waals surface area contributed by atoms with Gasteiger partial charge in [0.05, 0.1) is 0 Å². The van der Waals surface area contributed by atoms with E-state index in [0.717, 1.165) is 72.6 Å². The molecule has 0 atom stereocenters. The van der Waals surface area contributed by atoms with Gasteiger partial charge in [-0.15, -0.1) is 48.1 Å². The van der Waals surface area contributed by atoms with Gasteiger partial charge in [-0.1, -0.05) is 156 Å². The van der Waals surface area contributed by atoms with Crippen molar-refractivity contribution in [2.75, 3.05) is 9.80 Å². The summed E-state index contributed by atoms with van der Waals surface area (Å²) >= 11 is 0. The second-order valence-corrected chi connectivity index (χ2v) is 20.8. The van der Waals surface area contributed by atoms with Gasteiger partial charge in [0.1, 0.15) is 5.82 Å². The molecule has 10 aromatic rings. The molecule has 0 fully saturated rings. The van der Waals surface area contributed by atoms with Crippen molar-refractivity contribution < 1.29 is 25.8 Å². The third kappa shape index (κ3) is 8.87. The molecule has 3 heterocycles. The van der Waals surface area contributed by atoms with Crippen LogP contribution < -0.4 is 14.5 Å². The first-order chi connectivity index (χ1) is 33.7. The number of anilines is 4. The van der Waals surface area contributed by atoms with E-state index in [2.05, 4.69) is 247 Å². The number of rotatable bonds is 8. The fraction of sp³-hybridized carbons (Fsp3) is 0.169. The summed E-state index contributed by atoms with van der Waals surface area (Å²) in [6.07, 6.45) is 2.03. The fourth-order valence-corrected chi connectivity index (χ4v) is 10.1. The van der Waals surface area contributed by atoms with Crippen molar-refractivity contribution in [3.05, 3.63) is 223 Å². The zero-order chi connectivity index (χ0) is 48.5. The molecule has 0 bridgehead atoms. The van der Waals surface area contributed by atoms with Crippen molar-refractivity contribution in [2.45, 2.75) is 73.1 Å². The number of aromatic nitrogens is 2. The van der Waals surface area contributed by atoms with Crippen molar-refractivity contribution >= 4 is 44.6 Å². The summed E-state index contributed by atoms with van der Waals surface area (Å²) < 4.78 is 8.95. The molecule has 8 aromatic carbocycles. The van der Waals surface area contributed by atoms with Crippen molar-refractivity contribution in [3.63, 3.8) is 0 Å². The number of pyridine rings is 1. The number of fused-ring (bicyclic) bond motifs is 4. The van der Waals surface area contributed by atoms with E-state index in [4.69, 9.17) is 9.72 Å². The molecule has 0 saturated heterocycles. The number of nitrogens with zero attached hydrogens (tertiary/aromatic N) is 4. The third-order valence-electron chi connectivity index (χ3n) is 13.8. The Labute approximate surface area is 433 Å². The second kappa shape index (κ2) is 18.5. The minimum Gasteiger partial charge on any atom is -0.509 e. The third-order valence-corrected chi connectivity index (χ3v) is 13.8. The van der Waals surface area contributed by atoms with Crippen molar-refractivity contribution in [2.24, 2.45) is 0 Å². The first-order valence-corrected chi connectivity index (χ1v) is 24.3. The molecule has 0 spiro atoms. The maximum absolute atomic E-state index is 6.74. The Hall–Kier alpha value is -7.20. The SMILES string of the molecule is Cc1cc(-n2c3[c-]c(Oc4[c-]c(N5[CH-]N(c6cc(C(C)(C)C)cc(C(C)(C)C)c6)c6c(-c7ccccc7)cccc65)ccc4)ccc3c3ccccc32)ncc1-c1c(C)cc(-c2ccccc2)cc1C.[Pt]. The molecule has 71 heavy (non-hydrogen) atoms. The average molecular weight is 1110 g/mol. The quantitative estimate of drug-likeness (QED) is 0.142. The van der Waals surface area contributed by atoms with Gasteiger partial charge in [0.25, 0.3) is 0 Å². The topological polar surface area (TPSA) is 33.5 Å². The summed E-state index contributed by atoms with van der Waals surface area (Å²) in [7, 11) is 0. The Morgan fingerprint density at radius 2 is 1.15 bits per heavy atom. The smallest absolute Gasteiger partial charge is 0.135 e. The summed E-state index contributed by atoms with van der Waals surface area (Å²) in [5, 5.41) is 2.21. The standard InChI is InChI=1S/C65H57N4O.Pt/c1-42-34-61(66-40-57(42)62-43(2)32-47(33-44(62)3)45-20-12-10-13-21-45)69-58-28-17-16-26-55(58)56-31-30-53(39-60(56)69)70-52-25-18-24-50(38-52)67-41-68(51-36-48(64(4,5)6)35-49(37-51)65(7,8)9)63-54(27-19-29-59(63)67)46-22-14-11-15-23-46;/h10-37,40-41H,1-9H3;/q-3;. The summed E-state index contributed by atoms with van der Waals surface area (Å²) in [6, 6.07) is 67.8. The minimum absolute atomic E-state index is 0. The molecule has 1 aliphatic rings. The van der Waals surface area contributed by atoms with Crippen LogP contribution in [0.25, 0.3) is 61.0 Å². The van der Waals surface area contributed by atoms with Crippen LogP contribution in [0.4, 0.5) is 22.7 Å². The molecule has 6 heteroatoms. The fourth-order valence-electron chi connectivity index (χ4n) is 10.1. The van der Waals surface area contributed by atoms with Crippen molar-refractivity contribution in [1.29, 1.82) is 0 Å². The van der Waals surface area contributed by atoms with E-state index in [1.807, 2.05) is 24.4 Å². The molecule has 2 aromatic heterocycles. The Balaban J connectivity index is 0.00000582. The molecule has 11 rings (SSSR count). The van der Waals surface area contributed by atoms with E-state index in [-0.39, 0.29) is 31.9 Å². The number of hydrogen-bond donors (Lipinski definition) is 0. The summed E-state index contributed by atoms with van der Waals surface area (Å²) in [5.74, 6) is 2.02. The maximum Gasteiger partial charge on any atom is 0.135 e. The number of ether oxygens (including phenoxy) is 1. The van der Waals surface area contributed by atoms with E-state index in [0.29, 0.717) is 11.5 Å². The molecular formula is C65H57N4OPt-3. The van der Waals surface area contributed by atoms with Gasteiger partial charge in [0.15, 0.2) is 0 Å². The molecule has 0 aliphatic carbocycles. The Bertz CT molecular complexity index is 3560. The number of hydrogen-bond acceptors (Lipinski definition) is 4. The molecule has 0 unspecified atom stereocenters. The number of benzene rings is 8. The Morgan fingerprint density at radius 3 is 1.83 bits per heavy atom. The Morgan fingerprint density at radius 1 is 0.521 bits per heavy atom. The summed E-state index contributed by atoms with van der Waals surface area (Å²) in [6.45, 7) is 22.5. The maximum atomic E-state index is 6.74. The predicted molar refractivity (Wildman–Crippen MR) is 292 cm³/mol. The Kier molecular flexibility index (Phi) is 12.4. The van der Waals surface area contributed by atoms with Crippen molar-refractivity contribution in [3.8, 4) is 50.7 Å². The molecule has 0 N–H and O–H groups in total. The summed E-state index contributed by atoms with van der Waals surface area (Å²) in [4.78, 5) is 9.77. The van der Waals surface area contributed by atoms with Crippen LogP contribution in [0.5, 0.6) is 11.5 Å². The summed E-state index contributed by atoms with van der Waals surface area (Å²) in [5.41, 5.74) is 19.4. The van der Waals surface area contributed by atoms with E-state index in [9.17, 15) is 0 Å². The van der Waals surface area contributed by atoms with Gasteiger partial charge in [-0.25, -0.2) is 4.98 Å². The van der Waals surface area contributed by atoms with Crippen LogP contribution in [-0.2, 0) is 31.9 Å². The molecule has 0 saturated carbocycles. The van der Waals surface area contributed by atoms with Crippen molar-refractivity contribution in [1.82, 2.24) is 9.55 Å². The van der Waals surface area contributed by atoms with E-state index >= 15 is 0 Å². The number of aryl methyl sites for hydroxylation is 3. The van der Waals surface area contributed by atoms with Gasteiger partial charge in [-0.05, 0) is 117 Å². The first kappa shape index (κ1) is 47.5. The molecular weight excluding hydrogens is 1050 g/mol. The monoisotopic (exact) mass is 1100 g/mol. The van der Waals surface area contributed by atoms with Gasteiger partial charge in [0.2, 0.25) is 0 Å². The predicted octanol–water partition coefficient (Wildman–Crippen LogP) is 17.5.